The predicted octanol–water partition coefficient (Wildman–Crippen LogP) is 3.43. The van der Waals surface area contributed by atoms with Gasteiger partial charge in [0.25, 0.3) is 0 Å². The average Bonchev–Trinajstić information content (AvgIpc) is 3.47. The number of nitriles is 1. The Balaban J connectivity index is 1.52. The monoisotopic (exact) mass is 436 g/mol. The third-order valence-corrected chi connectivity index (χ3v) is 5.26. The number of aromatic amines is 1. The Labute approximate surface area is 189 Å². The molecule has 9 heteroatoms. The normalized spacial score (nSPS) is 11.6. The SMILES string of the molecule is CC(C)(O)c1cccc(Cn2cc(-c3cc(-c4cccc(C#N)c4)nc4nc[nH]c34)nn2)n1. The van der Waals surface area contributed by atoms with Gasteiger partial charge >= 0.3 is 0 Å². The van der Waals surface area contributed by atoms with Crippen molar-refractivity contribution in [1.82, 2.24) is 34.9 Å². The number of nitrogens with one attached hydrogen (secondary N) is 1. The zero-order valence-electron chi connectivity index (χ0n) is 18.1. The maximum absolute atomic E-state index is 10.2. The van der Waals surface area contributed by atoms with Crippen LogP contribution in [0.2, 0.25) is 0 Å². The lowest BCUT2D eigenvalue weighted by Crippen LogP contribution is -2.18. The molecule has 4 heterocycles. The second kappa shape index (κ2) is 7.93. The predicted molar refractivity (Wildman–Crippen MR) is 122 cm³/mol. The third kappa shape index (κ3) is 4.07. The molecule has 0 fully saturated rings. The van der Waals surface area contributed by atoms with Crippen LogP contribution in [0.5, 0.6) is 0 Å². The van der Waals surface area contributed by atoms with Crippen molar-refractivity contribution in [2.75, 3.05) is 0 Å². The van der Waals surface area contributed by atoms with Crippen LogP contribution in [-0.4, -0.2) is 40.0 Å². The Bertz CT molecular complexity index is 1500. The summed E-state index contributed by atoms with van der Waals surface area (Å²) in [6, 6.07) is 16.9. The fourth-order valence-electron chi connectivity index (χ4n) is 3.60. The number of rotatable bonds is 5. The molecular weight excluding hydrogens is 416 g/mol. The van der Waals surface area contributed by atoms with Crippen molar-refractivity contribution in [2.24, 2.45) is 0 Å². The highest BCUT2D eigenvalue weighted by Crippen LogP contribution is 2.29. The highest BCUT2D eigenvalue weighted by Gasteiger charge is 2.18. The van der Waals surface area contributed by atoms with Gasteiger partial charge in [0.05, 0.1) is 53.3 Å². The zero-order chi connectivity index (χ0) is 23.0. The Morgan fingerprint density at radius 1 is 1.09 bits per heavy atom. The minimum atomic E-state index is -1.02. The maximum atomic E-state index is 10.2. The second-order valence-corrected chi connectivity index (χ2v) is 8.22. The van der Waals surface area contributed by atoms with E-state index in [-0.39, 0.29) is 0 Å². The number of pyridine rings is 2. The average molecular weight is 436 g/mol. The first-order valence-corrected chi connectivity index (χ1v) is 10.3. The van der Waals surface area contributed by atoms with E-state index in [1.54, 1.807) is 43.1 Å². The van der Waals surface area contributed by atoms with Crippen molar-refractivity contribution in [3.8, 4) is 28.6 Å². The molecule has 0 spiro atoms. The van der Waals surface area contributed by atoms with E-state index in [1.807, 2.05) is 36.5 Å². The molecule has 33 heavy (non-hydrogen) atoms. The van der Waals surface area contributed by atoms with E-state index in [2.05, 4.69) is 36.3 Å². The quantitative estimate of drug-likeness (QED) is 0.432. The number of benzene rings is 1. The van der Waals surface area contributed by atoms with Crippen LogP contribution in [-0.2, 0) is 12.1 Å². The van der Waals surface area contributed by atoms with Gasteiger partial charge in [-0.1, -0.05) is 23.4 Å². The number of fused-ring (bicyclic) bond motifs is 1. The molecular formula is C24H20N8O. The summed E-state index contributed by atoms with van der Waals surface area (Å²) in [4.78, 5) is 16.6. The molecule has 2 N–H and O–H groups in total. The minimum Gasteiger partial charge on any atom is -0.384 e. The van der Waals surface area contributed by atoms with Gasteiger partial charge in [-0.25, -0.2) is 14.6 Å². The molecule has 1 aromatic carbocycles. The van der Waals surface area contributed by atoms with Crippen molar-refractivity contribution >= 4 is 11.2 Å². The topological polar surface area (TPSA) is 129 Å². The van der Waals surface area contributed by atoms with Crippen molar-refractivity contribution in [3.63, 3.8) is 0 Å². The van der Waals surface area contributed by atoms with Crippen LogP contribution in [0.1, 0.15) is 30.8 Å². The summed E-state index contributed by atoms with van der Waals surface area (Å²) in [6.07, 6.45) is 3.43. The Morgan fingerprint density at radius 3 is 2.76 bits per heavy atom. The van der Waals surface area contributed by atoms with Gasteiger partial charge in [-0.05, 0) is 44.2 Å². The smallest absolute Gasteiger partial charge is 0.178 e. The Kier molecular flexibility index (Phi) is 4.92. The molecule has 4 aromatic heterocycles. The molecule has 0 amide bonds. The summed E-state index contributed by atoms with van der Waals surface area (Å²) in [5.41, 5.74) is 5.18. The van der Waals surface area contributed by atoms with Crippen LogP contribution >= 0.6 is 0 Å². The van der Waals surface area contributed by atoms with Gasteiger partial charge in [-0.3, -0.25) is 4.98 Å². The Morgan fingerprint density at radius 2 is 1.94 bits per heavy atom. The minimum absolute atomic E-state index is 0.408. The molecule has 0 unspecified atom stereocenters. The van der Waals surface area contributed by atoms with Crippen molar-refractivity contribution in [3.05, 3.63) is 78.0 Å². The standard InChI is InChI=1S/C24H20N8O/c1-24(2,33)21-8-4-7-17(28-21)12-32-13-20(30-31-32)18-10-19(29-23-22(18)26-14-27-23)16-6-3-5-15(9-16)11-25/h3-10,13-14,33H,12H2,1-2H3,(H,26,27,29). The van der Waals surface area contributed by atoms with Gasteiger partial charge in [0, 0.05) is 11.1 Å². The first kappa shape index (κ1) is 20.5. The summed E-state index contributed by atoms with van der Waals surface area (Å²) in [6.45, 7) is 3.82. The number of nitrogens with zero attached hydrogens (tertiary/aromatic N) is 7. The zero-order valence-corrected chi connectivity index (χ0v) is 18.1. The van der Waals surface area contributed by atoms with E-state index in [4.69, 9.17) is 0 Å². The first-order valence-electron chi connectivity index (χ1n) is 10.3. The molecule has 0 aliphatic rings. The fraction of sp³-hybridized carbons (Fsp3) is 0.167. The van der Waals surface area contributed by atoms with Crippen molar-refractivity contribution in [1.29, 1.82) is 5.26 Å². The summed E-state index contributed by atoms with van der Waals surface area (Å²) in [5.74, 6) is 0. The van der Waals surface area contributed by atoms with Gasteiger partial charge in [0.15, 0.2) is 5.65 Å². The lowest BCUT2D eigenvalue weighted by atomic mass is 10.0. The van der Waals surface area contributed by atoms with Crippen LogP contribution in [0.15, 0.2) is 61.1 Å². The summed E-state index contributed by atoms with van der Waals surface area (Å²) in [5, 5.41) is 28.1. The number of H-pyrrole nitrogens is 1. The van der Waals surface area contributed by atoms with E-state index in [0.717, 1.165) is 22.3 Å². The molecule has 5 rings (SSSR count). The van der Waals surface area contributed by atoms with Gasteiger partial charge in [-0.2, -0.15) is 5.26 Å². The van der Waals surface area contributed by atoms with Crippen LogP contribution in [0.25, 0.3) is 33.7 Å². The highest BCUT2D eigenvalue weighted by atomic mass is 16.3. The highest BCUT2D eigenvalue weighted by molar-refractivity contribution is 5.91. The number of aromatic nitrogens is 7. The molecule has 0 bridgehead atoms. The fourth-order valence-corrected chi connectivity index (χ4v) is 3.60. The Hall–Kier alpha value is -4.42. The van der Waals surface area contributed by atoms with Gasteiger partial charge in [-0.15, -0.1) is 5.10 Å². The summed E-state index contributed by atoms with van der Waals surface area (Å²) >= 11 is 0. The number of hydrogen-bond acceptors (Lipinski definition) is 7. The molecule has 162 valence electrons. The molecule has 0 saturated carbocycles. The summed E-state index contributed by atoms with van der Waals surface area (Å²) in [7, 11) is 0. The lowest BCUT2D eigenvalue weighted by Gasteiger charge is -2.17. The molecule has 0 saturated heterocycles. The van der Waals surface area contributed by atoms with Crippen LogP contribution in [0, 0.1) is 11.3 Å². The molecule has 0 aliphatic carbocycles. The van der Waals surface area contributed by atoms with Gasteiger partial charge in [0.2, 0.25) is 0 Å². The first-order chi connectivity index (χ1) is 15.9. The van der Waals surface area contributed by atoms with Crippen molar-refractivity contribution in [2.45, 2.75) is 26.0 Å². The molecule has 0 aliphatic heterocycles. The molecule has 5 aromatic rings. The van der Waals surface area contributed by atoms with E-state index >= 15 is 0 Å². The van der Waals surface area contributed by atoms with E-state index < -0.39 is 5.60 Å². The lowest BCUT2D eigenvalue weighted by molar-refractivity contribution is 0.0736. The number of aliphatic hydroxyl groups is 1. The number of imidazole rings is 1. The van der Waals surface area contributed by atoms with Crippen LogP contribution in [0.3, 0.4) is 0 Å². The largest absolute Gasteiger partial charge is 0.384 e. The third-order valence-electron chi connectivity index (χ3n) is 5.26. The summed E-state index contributed by atoms with van der Waals surface area (Å²) < 4.78 is 1.70. The second-order valence-electron chi connectivity index (χ2n) is 8.22. The van der Waals surface area contributed by atoms with E-state index in [9.17, 15) is 10.4 Å². The molecule has 0 atom stereocenters. The molecule has 9 nitrogen and oxygen atoms in total. The maximum Gasteiger partial charge on any atom is 0.178 e. The molecule has 0 radical (unpaired) electrons. The van der Waals surface area contributed by atoms with E-state index in [1.165, 1.54) is 0 Å². The number of hydrogen-bond donors (Lipinski definition) is 2. The van der Waals surface area contributed by atoms with E-state index in [0.29, 0.717) is 34.8 Å². The van der Waals surface area contributed by atoms with Gasteiger partial charge < -0.3 is 10.1 Å². The van der Waals surface area contributed by atoms with Crippen molar-refractivity contribution < 1.29 is 5.11 Å². The van der Waals surface area contributed by atoms with Crippen LogP contribution < -0.4 is 0 Å². The van der Waals surface area contributed by atoms with Crippen LogP contribution in [0.4, 0.5) is 0 Å². The van der Waals surface area contributed by atoms with Gasteiger partial charge in [0.1, 0.15) is 11.3 Å².